The van der Waals surface area contributed by atoms with Gasteiger partial charge in [0.15, 0.2) is 5.54 Å². The van der Waals surface area contributed by atoms with E-state index in [1.54, 1.807) is 0 Å². The van der Waals surface area contributed by atoms with Crippen LogP contribution >= 0.6 is 0 Å². The van der Waals surface area contributed by atoms with Crippen molar-refractivity contribution in [2.45, 2.75) is 24.2 Å². The van der Waals surface area contributed by atoms with Crippen LogP contribution in [0.5, 0.6) is 0 Å². The number of amides is 1. The van der Waals surface area contributed by atoms with Gasteiger partial charge in [0.25, 0.3) is 0 Å². The highest BCUT2D eigenvalue weighted by Gasteiger charge is 2.52. The second-order valence-electron chi connectivity index (χ2n) is 3.49. The molecule has 2 atom stereocenters. The van der Waals surface area contributed by atoms with Crippen LogP contribution in [-0.2, 0) is 14.3 Å². The van der Waals surface area contributed by atoms with Crippen molar-refractivity contribution >= 4 is 11.9 Å². The second kappa shape index (κ2) is 4.36. The number of ether oxygens (including phenoxy) is 1. The van der Waals surface area contributed by atoms with Crippen molar-refractivity contribution in [1.82, 2.24) is 5.32 Å². The minimum absolute atomic E-state index is 0.261. The van der Waals surface area contributed by atoms with Gasteiger partial charge in [0, 0.05) is 6.42 Å². The molecular formula is C9H10F3NO4. The van der Waals surface area contributed by atoms with Gasteiger partial charge in [0.1, 0.15) is 6.10 Å². The van der Waals surface area contributed by atoms with Crippen molar-refractivity contribution in [2.24, 2.45) is 0 Å². The van der Waals surface area contributed by atoms with Gasteiger partial charge < -0.3 is 15.2 Å². The number of rotatable bonds is 2. The number of carbonyl (C=O) groups excluding carboxylic acids is 2. The van der Waals surface area contributed by atoms with Crippen molar-refractivity contribution in [3.8, 4) is 0 Å². The van der Waals surface area contributed by atoms with Gasteiger partial charge in [-0.3, -0.25) is 4.79 Å². The van der Waals surface area contributed by atoms with Gasteiger partial charge in [0.05, 0.1) is 7.11 Å². The summed E-state index contributed by atoms with van der Waals surface area (Å²) in [5, 5.41) is 11.0. The third-order valence-corrected chi connectivity index (χ3v) is 2.41. The second-order valence-corrected chi connectivity index (χ2v) is 3.49. The summed E-state index contributed by atoms with van der Waals surface area (Å²) in [4.78, 5) is 22.2. The summed E-state index contributed by atoms with van der Waals surface area (Å²) in [6, 6.07) is 0. The zero-order valence-corrected chi connectivity index (χ0v) is 8.75. The molecule has 0 unspecified atom stereocenters. The number of hydrogen-bond donors (Lipinski definition) is 2. The van der Waals surface area contributed by atoms with E-state index in [2.05, 4.69) is 4.74 Å². The fourth-order valence-electron chi connectivity index (χ4n) is 1.50. The molecule has 0 saturated heterocycles. The highest BCUT2D eigenvalue weighted by molar-refractivity contribution is 5.91. The molecule has 8 heteroatoms. The average Bonchev–Trinajstić information content (AvgIpc) is 2.59. The Labute approximate surface area is 94.2 Å². The van der Waals surface area contributed by atoms with Crippen molar-refractivity contribution in [3.63, 3.8) is 0 Å². The Hall–Kier alpha value is -1.57. The summed E-state index contributed by atoms with van der Waals surface area (Å²) >= 11 is 0. The van der Waals surface area contributed by atoms with Crippen LogP contribution in [-0.4, -0.2) is 41.9 Å². The highest BCUT2D eigenvalue weighted by atomic mass is 19.4. The van der Waals surface area contributed by atoms with Gasteiger partial charge in [-0.1, -0.05) is 12.2 Å². The van der Waals surface area contributed by atoms with E-state index in [1.807, 2.05) is 0 Å². The first-order chi connectivity index (χ1) is 7.74. The Morgan fingerprint density at radius 3 is 2.47 bits per heavy atom. The fourth-order valence-corrected chi connectivity index (χ4v) is 1.50. The van der Waals surface area contributed by atoms with Crippen molar-refractivity contribution in [2.75, 3.05) is 7.11 Å². The lowest BCUT2D eigenvalue weighted by Gasteiger charge is -2.30. The third kappa shape index (κ3) is 2.41. The van der Waals surface area contributed by atoms with Crippen molar-refractivity contribution in [1.29, 1.82) is 0 Å². The summed E-state index contributed by atoms with van der Waals surface area (Å²) in [7, 11) is 0.953. The third-order valence-electron chi connectivity index (χ3n) is 2.41. The van der Waals surface area contributed by atoms with Crippen LogP contribution in [0.25, 0.3) is 0 Å². The van der Waals surface area contributed by atoms with Crippen molar-refractivity contribution < 1.29 is 32.6 Å². The number of esters is 1. The van der Waals surface area contributed by atoms with E-state index in [1.165, 1.54) is 11.4 Å². The smallest absolute Gasteiger partial charge is 0.467 e. The molecule has 0 bridgehead atoms. The summed E-state index contributed by atoms with van der Waals surface area (Å²) in [6.07, 6.45) is -4.54. The molecule has 0 aromatic rings. The fraction of sp³-hybridized carbons (Fsp3) is 0.556. The van der Waals surface area contributed by atoms with Gasteiger partial charge in [-0.2, -0.15) is 13.2 Å². The molecule has 0 aromatic heterocycles. The van der Waals surface area contributed by atoms with Gasteiger partial charge in [-0.05, 0) is 0 Å². The molecule has 0 saturated carbocycles. The van der Waals surface area contributed by atoms with Crippen LogP contribution < -0.4 is 5.32 Å². The summed E-state index contributed by atoms with van der Waals surface area (Å²) < 4.78 is 40.6. The van der Waals surface area contributed by atoms with Crippen LogP contribution in [0, 0.1) is 0 Å². The van der Waals surface area contributed by atoms with E-state index in [4.69, 9.17) is 0 Å². The van der Waals surface area contributed by atoms with E-state index in [-0.39, 0.29) is 6.42 Å². The van der Waals surface area contributed by atoms with E-state index in [0.717, 1.165) is 13.2 Å². The molecule has 96 valence electrons. The SMILES string of the molecule is COC(=O)[C@@]1(NC(=O)C(F)(F)F)CC=C[C@H]1O. The van der Waals surface area contributed by atoms with Crippen LogP contribution in [0.4, 0.5) is 13.2 Å². The number of hydrogen-bond acceptors (Lipinski definition) is 4. The Bertz CT molecular complexity index is 366. The maximum absolute atomic E-state index is 12.1. The number of aliphatic hydroxyl groups excluding tert-OH is 1. The largest absolute Gasteiger partial charge is 0.471 e. The standard InChI is InChI=1S/C9H10F3NO4/c1-17-7(16)8(4-2-3-5(8)14)13-6(15)9(10,11)12/h2-3,5,14H,4H2,1H3,(H,13,15)/t5-,8-/m1/s1. The molecule has 0 heterocycles. The molecule has 17 heavy (non-hydrogen) atoms. The lowest BCUT2D eigenvalue weighted by molar-refractivity contribution is -0.179. The van der Waals surface area contributed by atoms with Gasteiger partial charge in [0.2, 0.25) is 0 Å². The first-order valence-corrected chi connectivity index (χ1v) is 4.56. The van der Waals surface area contributed by atoms with Crippen molar-refractivity contribution in [3.05, 3.63) is 12.2 Å². The van der Waals surface area contributed by atoms with E-state index < -0.39 is 29.7 Å². The monoisotopic (exact) mass is 253 g/mol. The normalized spacial score (nSPS) is 27.9. The molecule has 2 N–H and O–H groups in total. The molecule has 1 amide bonds. The molecule has 1 aliphatic carbocycles. The van der Waals surface area contributed by atoms with Crippen LogP contribution in [0.15, 0.2) is 12.2 Å². The Kier molecular flexibility index (Phi) is 3.46. The van der Waals surface area contributed by atoms with Gasteiger partial charge in [-0.25, -0.2) is 4.79 Å². The van der Waals surface area contributed by atoms with Gasteiger partial charge in [-0.15, -0.1) is 0 Å². The highest BCUT2D eigenvalue weighted by Crippen LogP contribution is 2.27. The van der Waals surface area contributed by atoms with Crippen LogP contribution in [0.2, 0.25) is 0 Å². The molecule has 5 nitrogen and oxygen atoms in total. The quantitative estimate of drug-likeness (QED) is 0.532. The number of halogens is 3. The minimum Gasteiger partial charge on any atom is -0.467 e. The van der Waals surface area contributed by atoms with E-state index in [9.17, 15) is 27.9 Å². The first-order valence-electron chi connectivity index (χ1n) is 4.56. The Morgan fingerprint density at radius 1 is 1.53 bits per heavy atom. The summed E-state index contributed by atoms with van der Waals surface area (Å²) in [5.74, 6) is -3.43. The van der Waals surface area contributed by atoms with Gasteiger partial charge >= 0.3 is 18.1 Å². The average molecular weight is 253 g/mol. The van der Waals surface area contributed by atoms with E-state index >= 15 is 0 Å². The molecule has 0 spiro atoms. The molecule has 1 aliphatic rings. The molecule has 0 aromatic carbocycles. The summed E-state index contributed by atoms with van der Waals surface area (Å²) in [5.41, 5.74) is -2.10. The first kappa shape index (κ1) is 13.5. The zero-order chi connectivity index (χ0) is 13.3. The lowest BCUT2D eigenvalue weighted by atomic mass is 9.94. The Balaban J connectivity index is 2.95. The van der Waals surface area contributed by atoms with Crippen LogP contribution in [0.3, 0.4) is 0 Å². The molecule has 0 aliphatic heterocycles. The number of alkyl halides is 3. The van der Waals surface area contributed by atoms with E-state index in [0.29, 0.717) is 0 Å². The number of nitrogens with one attached hydrogen (secondary N) is 1. The predicted molar refractivity (Wildman–Crippen MR) is 48.7 cm³/mol. The molecule has 0 radical (unpaired) electrons. The Morgan fingerprint density at radius 2 is 2.12 bits per heavy atom. The maximum atomic E-state index is 12.1. The number of aliphatic hydroxyl groups is 1. The molecule has 1 rings (SSSR count). The zero-order valence-electron chi connectivity index (χ0n) is 8.75. The molecular weight excluding hydrogens is 243 g/mol. The topological polar surface area (TPSA) is 75.6 Å². The maximum Gasteiger partial charge on any atom is 0.471 e. The number of carbonyl (C=O) groups is 2. The lowest BCUT2D eigenvalue weighted by Crippen LogP contribution is -2.62. The minimum atomic E-state index is -5.14. The molecule has 0 fully saturated rings. The summed E-state index contributed by atoms with van der Waals surface area (Å²) in [6.45, 7) is 0. The number of methoxy groups -OCH3 is 1. The van der Waals surface area contributed by atoms with Crippen LogP contribution in [0.1, 0.15) is 6.42 Å². The predicted octanol–water partition coefficient (Wildman–Crippen LogP) is -0.102.